The number of aliphatic hydroxyl groups excluding tert-OH is 1. The molecule has 1 aromatic carbocycles. The summed E-state index contributed by atoms with van der Waals surface area (Å²) in [7, 11) is 3.54. The van der Waals surface area contributed by atoms with Crippen molar-refractivity contribution in [3.8, 4) is 0 Å². The van der Waals surface area contributed by atoms with Crippen molar-refractivity contribution in [1.82, 2.24) is 4.90 Å². The third-order valence-electron chi connectivity index (χ3n) is 3.12. The van der Waals surface area contributed by atoms with Crippen molar-refractivity contribution < 1.29 is 9.90 Å². The maximum absolute atomic E-state index is 12.3. The maximum atomic E-state index is 12.3. The maximum Gasteiger partial charge on any atom is 0.253 e. The first-order valence-corrected chi connectivity index (χ1v) is 6.49. The van der Waals surface area contributed by atoms with Gasteiger partial charge in [0.15, 0.2) is 0 Å². The van der Waals surface area contributed by atoms with Crippen LogP contribution in [0.25, 0.3) is 0 Å². The SMILES string of the molecule is CNc1cc(C(=O)N(C)CCO)cc(C(C)(C)C)c1. The molecule has 0 spiro atoms. The first kappa shape index (κ1) is 15.5. The standard InChI is InChI=1S/C15H24N2O2/c1-15(2,3)12-8-11(9-13(10-12)16-4)14(19)17(5)6-7-18/h8-10,16,18H,6-7H2,1-5H3. The lowest BCUT2D eigenvalue weighted by Crippen LogP contribution is -2.29. The zero-order valence-electron chi connectivity index (χ0n) is 12.4. The summed E-state index contributed by atoms with van der Waals surface area (Å²) in [5, 5.41) is 12.0. The van der Waals surface area contributed by atoms with E-state index in [2.05, 4.69) is 32.2 Å². The molecule has 1 rings (SSSR count). The minimum absolute atomic E-state index is 0.0164. The summed E-state index contributed by atoms with van der Waals surface area (Å²) >= 11 is 0. The molecular formula is C15H24N2O2. The largest absolute Gasteiger partial charge is 0.395 e. The van der Waals surface area contributed by atoms with Crippen LogP contribution in [0, 0.1) is 0 Å². The summed E-state index contributed by atoms with van der Waals surface area (Å²) in [6.07, 6.45) is 0. The van der Waals surface area contributed by atoms with Crippen LogP contribution >= 0.6 is 0 Å². The number of nitrogens with zero attached hydrogens (tertiary/aromatic N) is 1. The fraction of sp³-hybridized carbons (Fsp3) is 0.533. The summed E-state index contributed by atoms with van der Waals surface area (Å²) in [5.41, 5.74) is 2.67. The summed E-state index contributed by atoms with van der Waals surface area (Å²) in [4.78, 5) is 13.8. The Labute approximate surface area is 115 Å². The first-order chi connectivity index (χ1) is 8.79. The second-order valence-corrected chi connectivity index (χ2v) is 5.75. The van der Waals surface area contributed by atoms with Crippen molar-refractivity contribution in [2.45, 2.75) is 26.2 Å². The predicted molar refractivity (Wildman–Crippen MR) is 78.7 cm³/mol. The van der Waals surface area contributed by atoms with Gasteiger partial charge in [-0.1, -0.05) is 20.8 Å². The van der Waals surface area contributed by atoms with E-state index in [4.69, 9.17) is 5.11 Å². The average molecular weight is 264 g/mol. The number of hydrogen-bond donors (Lipinski definition) is 2. The molecule has 0 bridgehead atoms. The molecule has 1 aromatic rings. The quantitative estimate of drug-likeness (QED) is 0.875. The molecule has 0 atom stereocenters. The van der Waals surface area contributed by atoms with E-state index in [1.807, 2.05) is 19.2 Å². The molecule has 0 radical (unpaired) electrons. The van der Waals surface area contributed by atoms with Crippen LogP contribution in [-0.4, -0.2) is 43.2 Å². The van der Waals surface area contributed by atoms with Gasteiger partial charge in [0.1, 0.15) is 0 Å². The lowest BCUT2D eigenvalue weighted by Gasteiger charge is -2.22. The molecule has 2 N–H and O–H groups in total. The van der Waals surface area contributed by atoms with E-state index in [0.717, 1.165) is 11.3 Å². The molecular weight excluding hydrogens is 240 g/mol. The molecule has 0 aromatic heterocycles. The van der Waals surface area contributed by atoms with Gasteiger partial charge in [-0.2, -0.15) is 0 Å². The molecule has 4 nitrogen and oxygen atoms in total. The molecule has 0 saturated carbocycles. The Hall–Kier alpha value is -1.55. The van der Waals surface area contributed by atoms with E-state index in [1.165, 1.54) is 4.90 Å². The fourth-order valence-corrected chi connectivity index (χ4v) is 1.80. The van der Waals surface area contributed by atoms with Gasteiger partial charge in [0, 0.05) is 31.9 Å². The van der Waals surface area contributed by atoms with E-state index in [-0.39, 0.29) is 17.9 Å². The van der Waals surface area contributed by atoms with Gasteiger partial charge in [0.25, 0.3) is 5.91 Å². The second-order valence-electron chi connectivity index (χ2n) is 5.75. The normalized spacial score (nSPS) is 11.3. The van der Waals surface area contributed by atoms with E-state index in [9.17, 15) is 4.79 Å². The number of carbonyl (C=O) groups is 1. The van der Waals surface area contributed by atoms with Crippen LogP contribution in [0.5, 0.6) is 0 Å². The van der Waals surface area contributed by atoms with Crippen molar-refractivity contribution in [1.29, 1.82) is 0 Å². The fourth-order valence-electron chi connectivity index (χ4n) is 1.80. The van der Waals surface area contributed by atoms with Crippen molar-refractivity contribution in [3.05, 3.63) is 29.3 Å². The highest BCUT2D eigenvalue weighted by molar-refractivity contribution is 5.95. The molecule has 0 aliphatic rings. The molecule has 106 valence electrons. The van der Waals surface area contributed by atoms with Crippen molar-refractivity contribution >= 4 is 11.6 Å². The number of likely N-dealkylation sites (N-methyl/N-ethyl adjacent to an activating group) is 1. The van der Waals surface area contributed by atoms with Crippen LogP contribution in [0.2, 0.25) is 0 Å². The molecule has 19 heavy (non-hydrogen) atoms. The molecule has 0 saturated heterocycles. The smallest absolute Gasteiger partial charge is 0.253 e. The predicted octanol–water partition coefficient (Wildman–Crippen LogP) is 2.09. The lowest BCUT2D eigenvalue weighted by atomic mass is 9.85. The highest BCUT2D eigenvalue weighted by Gasteiger charge is 2.18. The summed E-state index contributed by atoms with van der Waals surface area (Å²) < 4.78 is 0. The van der Waals surface area contributed by atoms with E-state index in [1.54, 1.807) is 7.05 Å². The van der Waals surface area contributed by atoms with Gasteiger partial charge in [-0.3, -0.25) is 4.79 Å². The molecule has 0 fully saturated rings. The Balaban J connectivity index is 3.17. The molecule has 0 unspecified atom stereocenters. The molecule has 0 heterocycles. The number of carbonyl (C=O) groups excluding carboxylic acids is 1. The zero-order chi connectivity index (χ0) is 14.6. The Morgan fingerprint density at radius 1 is 1.32 bits per heavy atom. The zero-order valence-corrected chi connectivity index (χ0v) is 12.4. The highest BCUT2D eigenvalue weighted by atomic mass is 16.3. The van der Waals surface area contributed by atoms with E-state index in [0.29, 0.717) is 12.1 Å². The number of benzene rings is 1. The van der Waals surface area contributed by atoms with E-state index >= 15 is 0 Å². The van der Waals surface area contributed by atoms with Crippen LogP contribution in [0.15, 0.2) is 18.2 Å². The molecule has 4 heteroatoms. The summed E-state index contributed by atoms with van der Waals surface area (Å²) in [5.74, 6) is -0.0725. The average Bonchev–Trinajstić information content (AvgIpc) is 2.36. The van der Waals surface area contributed by atoms with Gasteiger partial charge >= 0.3 is 0 Å². The Morgan fingerprint density at radius 3 is 2.42 bits per heavy atom. The highest BCUT2D eigenvalue weighted by Crippen LogP contribution is 2.26. The van der Waals surface area contributed by atoms with Crippen molar-refractivity contribution in [2.75, 3.05) is 32.6 Å². The lowest BCUT2D eigenvalue weighted by molar-refractivity contribution is 0.0767. The van der Waals surface area contributed by atoms with E-state index < -0.39 is 0 Å². The summed E-state index contributed by atoms with van der Waals surface area (Å²) in [6, 6.07) is 5.82. The third kappa shape index (κ3) is 3.96. The van der Waals surface area contributed by atoms with Gasteiger partial charge in [-0.25, -0.2) is 0 Å². The Morgan fingerprint density at radius 2 is 1.95 bits per heavy atom. The van der Waals surface area contributed by atoms with Gasteiger partial charge in [-0.05, 0) is 29.2 Å². The molecule has 1 amide bonds. The Bertz CT molecular complexity index is 450. The third-order valence-corrected chi connectivity index (χ3v) is 3.12. The number of anilines is 1. The van der Waals surface area contributed by atoms with Gasteiger partial charge in [0.05, 0.1) is 6.61 Å². The molecule has 0 aliphatic heterocycles. The van der Waals surface area contributed by atoms with Crippen LogP contribution in [-0.2, 0) is 5.41 Å². The van der Waals surface area contributed by atoms with Crippen molar-refractivity contribution in [2.24, 2.45) is 0 Å². The number of nitrogens with one attached hydrogen (secondary N) is 1. The van der Waals surface area contributed by atoms with Crippen LogP contribution in [0.1, 0.15) is 36.7 Å². The van der Waals surface area contributed by atoms with Crippen LogP contribution in [0.3, 0.4) is 0 Å². The first-order valence-electron chi connectivity index (χ1n) is 6.49. The number of amides is 1. The summed E-state index contributed by atoms with van der Waals surface area (Å²) in [6.45, 7) is 6.67. The minimum Gasteiger partial charge on any atom is -0.395 e. The number of hydrogen-bond acceptors (Lipinski definition) is 3. The van der Waals surface area contributed by atoms with Crippen LogP contribution in [0.4, 0.5) is 5.69 Å². The second kappa shape index (κ2) is 6.06. The number of rotatable bonds is 4. The monoisotopic (exact) mass is 264 g/mol. The van der Waals surface area contributed by atoms with Gasteiger partial charge in [0.2, 0.25) is 0 Å². The van der Waals surface area contributed by atoms with Crippen LogP contribution < -0.4 is 5.32 Å². The number of aliphatic hydroxyl groups is 1. The van der Waals surface area contributed by atoms with Gasteiger partial charge < -0.3 is 15.3 Å². The minimum atomic E-state index is -0.0725. The van der Waals surface area contributed by atoms with Gasteiger partial charge in [-0.15, -0.1) is 0 Å². The Kier molecular flexibility index (Phi) is 4.95. The van der Waals surface area contributed by atoms with Crippen molar-refractivity contribution in [3.63, 3.8) is 0 Å². The topological polar surface area (TPSA) is 52.6 Å². The molecule has 0 aliphatic carbocycles.